The van der Waals surface area contributed by atoms with Crippen LogP contribution < -0.4 is 0 Å². The van der Waals surface area contributed by atoms with E-state index in [1.165, 1.54) is 0 Å². The zero-order chi connectivity index (χ0) is 10.3. The maximum atomic E-state index is 9.62. The van der Waals surface area contributed by atoms with Gasteiger partial charge in [-0.2, -0.15) is 0 Å². The van der Waals surface area contributed by atoms with E-state index in [0.717, 1.165) is 6.92 Å². The predicted molar refractivity (Wildman–Crippen MR) is 37.7 cm³/mol. The second-order valence-corrected chi connectivity index (χ2v) is 2.48. The molecule has 0 saturated carbocycles. The average molecular weight is 200 g/mol. The molecule has 7 nitrogen and oxygen atoms in total. The standard InChI is InChI=1S/C2H4O5S.C2H4O2/c3-1(4)2(5)8(6)7;1-2(3)4/h2,5H,(H,3,4)(H,6,7);1H3,(H,3,4). The van der Waals surface area contributed by atoms with Crippen LogP contribution in [0.5, 0.6) is 0 Å². The van der Waals surface area contributed by atoms with Crippen LogP contribution in [0, 0.1) is 0 Å². The number of hydrogen-bond acceptors (Lipinski definition) is 4. The zero-order valence-electron chi connectivity index (χ0n) is 6.00. The lowest BCUT2D eigenvalue weighted by Gasteiger charge is -1.94. The van der Waals surface area contributed by atoms with Crippen LogP contribution in [0.4, 0.5) is 0 Å². The molecular formula is C4H8O7S. The third-order valence-electron chi connectivity index (χ3n) is 0.402. The molecule has 0 heterocycles. The molecule has 0 amide bonds. The van der Waals surface area contributed by atoms with Gasteiger partial charge in [-0.15, -0.1) is 0 Å². The molecule has 0 bridgehead atoms. The minimum atomic E-state index is -2.68. The molecule has 0 aliphatic rings. The van der Waals surface area contributed by atoms with Crippen molar-refractivity contribution in [2.24, 2.45) is 0 Å². The first-order valence-electron chi connectivity index (χ1n) is 2.49. The molecule has 0 aromatic heterocycles. The highest BCUT2D eigenvalue weighted by Crippen LogP contribution is 1.85. The maximum absolute atomic E-state index is 9.62. The van der Waals surface area contributed by atoms with E-state index in [1.54, 1.807) is 0 Å². The molecule has 12 heavy (non-hydrogen) atoms. The third kappa shape index (κ3) is 11.8. The molecule has 0 fully saturated rings. The smallest absolute Gasteiger partial charge is 0.348 e. The molecule has 0 aliphatic heterocycles. The number of aliphatic hydroxyl groups is 1. The number of hydrogen-bond donors (Lipinski definition) is 4. The molecule has 0 aromatic carbocycles. The fraction of sp³-hybridized carbons (Fsp3) is 0.500. The van der Waals surface area contributed by atoms with Crippen LogP contribution in [-0.4, -0.2) is 41.5 Å². The van der Waals surface area contributed by atoms with Gasteiger partial charge in [0.1, 0.15) is 0 Å². The lowest BCUT2D eigenvalue weighted by molar-refractivity contribution is -0.142. The molecule has 0 rings (SSSR count). The molecule has 0 aromatic rings. The van der Waals surface area contributed by atoms with Crippen LogP contribution in [0.25, 0.3) is 0 Å². The van der Waals surface area contributed by atoms with Crippen LogP contribution in [0.15, 0.2) is 0 Å². The van der Waals surface area contributed by atoms with Crippen molar-refractivity contribution in [2.45, 2.75) is 12.4 Å². The summed E-state index contributed by atoms with van der Waals surface area (Å²) >= 11 is -2.68. The first-order chi connectivity index (χ1) is 5.29. The monoisotopic (exact) mass is 200 g/mol. The summed E-state index contributed by atoms with van der Waals surface area (Å²) in [4.78, 5) is 18.5. The summed E-state index contributed by atoms with van der Waals surface area (Å²) in [5, 5.41) is 23.2. The van der Waals surface area contributed by atoms with E-state index >= 15 is 0 Å². The summed E-state index contributed by atoms with van der Waals surface area (Å²) < 4.78 is 17.5. The fourth-order valence-corrected chi connectivity index (χ4v) is 0.259. The lowest BCUT2D eigenvalue weighted by atomic mass is 10.7. The van der Waals surface area contributed by atoms with Crippen molar-refractivity contribution in [3.63, 3.8) is 0 Å². The summed E-state index contributed by atoms with van der Waals surface area (Å²) in [5.41, 5.74) is -2.19. The minimum Gasteiger partial charge on any atom is -0.481 e. The van der Waals surface area contributed by atoms with Crippen molar-refractivity contribution in [2.75, 3.05) is 0 Å². The second kappa shape index (κ2) is 6.70. The van der Waals surface area contributed by atoms with Gasteiger partial charge in [-0.05, 0) is 0 Å². The number of aliphatic carboxylic acids is 2. The van der Waals surface area contributed by atoms with Gasteiger partial charge in [0, 0.05) is 6.92 Å². The Kier molecular flexibility index (Phi) is 7.59. The van der Waals surface area contributed by atoms with Crippen molar-refractivity contribution >= 4 is 23.0 Å². The molecule has 4 N–H and O–H groups in total. The SMILES string of the molecule is CC(=O)O.O=C(O)C(O)S(=O)O. The Balaban J connectivity index is 0. The molecule has 2 atom stereocenters. The fourth-order valence-electron chi connectivity index (χ4n) is 0.0862. The average Bonchev–Trinajstić information content (AvgIpc) is 1.84. The molecule has 0 spiro atoms. The molecule has 0 aliphatic carbocycles. The van der Waals surface area contributed by atoms with Gasteiger partial charge in [0.15, 0.2) is 11.1 Å². The largest absolute Gasteiger partial charge is 0.481 e. The normalized spacial score (nSPS) is 13.6. The van der Waals surface area contributed by atoms with Gasteiger partial charge in [0.25, 0.3) is 11.4 Å². The Morgan fingerprint density at radius 1 is 1.33 bits per heavy atom. The Bertz CT molecular complexity index is 170. The highest BCUT2D eigenvalue weighted by Gasteiger charge is 2.18. The first kappa shape index (κ1) is 13.6. The van der Waals surface area contributed by atoms with E-state index in [0.29, 0.717) is 0 Å². The Morgan fingerprint density at radius 3 is 1.58 bits per heavy atom. The summed E-state index contributed by atoms with van der Waals surface area (Å²) in [6.45, 7) is 1.08. The van der Waals surface area contributed by atoms with Crippen molar-refractivity contribution in [3.8, 4) is 0 Å². The molecule has 8 heteroatoms. The van der Waals surface area contributed by atoms with Crippen LogP contribution in [0.1, 0.15) is 6.92 Å². The molecule has 0 saturated heterocycles. The summed E-state index contributed by atoms with van der Waals surface area (Å²) in [7, 11) is 0. The van der Waals surface area contributed by atoms with Gasteiger partial charge in [-0.1, -0.05) is 0 Å². The van der Waals surface area contributed by atoms with Gasteiger partial charge in [0.2, 0.25) is 0 Å². The lowest BCUT2D eigenvalue weighted by Crippen LogP contribution is -2.23. The van der Waals surface area contributed by atoms with Gasteiger partial charge in [0.05, 0.1) is 0 Å². The van der Waals surface area contributed by atoms with Crippen molar-refractivity contribution in [1.29, 1.82) is 0 Å². The van der Waals surface area contributed by atoms with E-state index in [-0.39, 0.29) is 0 Å². The number of carboxylic acid groups (broad SMARTS) is 2. The van der Waals surface area contributed by atoms with Gasteiger partial charge in [-0.3, -0.25) is 4.79 Å². The number of carboxylic acids is 2. The number of carbonyl (C=O) groups is 2. The molecule has 72 valence electrons. The Hall–Kier alpha value is -0.990. The van der Waals surface area contributed by atoms with Gasteiger partial charge >= 0.3 is 5.97 Å². The third-order valence-corrected chi connectivity index (χ3v) is 0.986. The number of aliphatic hydroxyl groups excluding tert-OH is 1. The highest BCUT2D eigenvalue weighted by molar-refractivity contribution is 7.80. The van der Waals surface area contributed by atoms with Crippen molar-refractivity contribution in [3.05, 3.63) is 0 Å². The van der Waals surface area contributed by atoms with Crippen LogP contribution in [0.3, 0.4) is 0 Å². The molecule has 2 unspecified atom stereocenters. The highest BCUT2D eigenvalue weighted by atomic mass is 32.2. The minimum absolute atomic E-state index is 0.833. The molecule has 0 radical (unpaired) electrons. The van der Waals surface area contributed by atoms with Crippen LogP contribution in [-0.2, 0) is 20.7 Å². The van der Waals surface area contributed by atoms with Crippen molar-refractivity contribution in [1.82, 2.24) is 0 Å². The summed E-state index contributed by atoms with van der Waals surface area (Å²) in [5.74, 6) is -2.54. The predicted octanol–water partition coefficient (Wildman–Crippen LogP) is -1.30. The topological polar surface area (TPSA) is 132 Å². The first-order valence-corrected chi connectivity index (χ1v) is 3.66. The van der Waals surface area contributed by atoms with E-state index in [2.05, 4.69) is 0 Å². The maximum Gasteiger partial charge on any atom is 0.348 e. The van der Waals surface area contributed by atoms with Gasteiger partial charge in [-0.25, -0.2) is 9.00 Å². The van der Waals surface area contributed by atoms with E-state index in [9.17, 15) is 9.00 Å². The van der Waals surface area contributed by atoms with E-state index in [1.807, 2.05) is 0 Å². The molecular weight excluding hydrogens is 192 g/mol. The summed E-state index contributed by atoms with van der Waals surface area (Å²) in [6.07, 6.45) is 0. The zero-order valence-corrected chi connectivity index (χ0v) is 6.82. The quantitative estimate of drug-likeness (QED) is 0.407. The van der Waals surface area contributed by atoms with Crippen LogP contribution >= 0.6 is 0 Å². The number of rotatable bonds is 2. The van der Waals surface area contributed by atoms with Gasteiger partial charge < -0.3 is 19.9 Å². The van der Waals surface area contributed by atoms with E-state index in [4.69, 9.17) is 24.7 Å². The van der Waals surface area contributed by atoms with E-state index < -0.39 is 28.5 Å². The Morgan fingerprint density at radius 2 is 1.58 bits per heavy atom. The second-order valence-electron chi connectivity index (χ2n) is 1.49. The van der Waals surface area contributed by atoms with Crippen LogP contribution in [0.2, 0.25) is 0 Å². The van der Waals surface area contributed by atoms with Crippen molar-refractivity contribution < 1.29 is 33.7 Å². The Labute approximate surface area is 69.9 Å². The summed E-state index contributed by atoms with van der Waals surface area (Å²) in [6, 6.07) is 0.